The molecule has 0 amide bonds. The molecule has 2 atom stereocenters. The Balaban J connectivity index is 1.87. The van der Waals surface area contributed by atoms with Crippen LogP contribution in [0.2, 0.25) is 0 Å². The van der Waals surface area contributed by atoms with Gasteiger partial charge in [-0.2, -0.15) is 11.8 Å². The van der Waals surface area contributed by atoms with Crippen molar-refractivity contribution in [1.82, 2.24) is 4.98 Å². The number of rotatable bonds is 3. The predicted molar refractivity (Wildman–Crippen MR) is 89.7 cm³/mol. The minimum Gasteiger partial charge on any atom is -0.366 e. The van der Waals surface area contributed by atoms with E-state index in [2.05, 4.69) is 48.8 Å². The van der Waals surface area contributed by atoms with Gasteiger partial charge >= 0.3 is 0 Å². The molecular formula is C17H22N2S. The molecule has 2 unspecified atom stereocenters. The van der Waals surface area contributed by atoms with Gasteiger partial charge in [-0.3, -0.25) is 0 Å². The maximum absolute atomic E-state index is 4.82. The van der Waals surface area contributed by atoms with Gasteiger partial charge in [-0.15, -0.1) is 0 Å². The highest BCUT2D eigenvalue weighted by Gasteiger charge is 2.24. The van der Waals surface area contributed by atoms with E-state index in [0.717, 1.165) is 16.6 Å². The summed E-state index contributed by atoms with van der Waals surface area (Å²) in [6.07, 6.45) is 7.52. The minimum absolute atomic E-state index is 0.561. The smallest absolute Gasteiger partial charge is 0.129 e. The van der Waals surface area contributed by atoms with E-state index < -0.39 is 0 Å². The molecule has 2 nitrogen and oxygen atoms in total. The molecule has 1 aliphatic carbocycles. The summed E-state index contributed by atoms with van der Waals surface area (Å²) in [7, 11) is 0. The molecule has 106 valence electrons. The lowest BCUT2D eigenvalue weighted by molar-refractivity contribution is 0.474. The van der Waals surface area contributed by atoms with E-state index in [1.165, 1.54) is 36.6 Å². The number of nitrogens with one attached hydrogen (secondary N) is 1. The molecule has 1 heterocycles. The van der Waals surface area contributed by atoms with Crippen molar-refractivity contribution in [3.63, 3.8) is 0 Å². The first kappa shape index (κ1) is 13.7. The van der Waals surface area contributed by atoms with Crippen LogP contribution in [0.3, 0.4) is 0 Å². The topological polar surface area (TPSA) is 24.9 Å². The Morgan fingerprint density at radius 3 is 2.85 bits per heavy atom. The number of aromatic nitrogens is 1. The van der Waals surface area contributed by atoms with Crippen molar-refractivity contribution in [2.24, 2.45) is 0 Å². The van der Waals surface area contributed by atoms with Crippen LogP contribution in [0.15, 0.2) is 30.3 Å². The van der Waals surface area contributed by atoms with Crippen LogP contribution in [0.1, 0.15) is 31.2 Å². The Morgan fingerprint density at radius 1 is 1.20 bits per heavy atom. The highest BCUT2D eigenvalue weighted by atomic mass is 32.2. The van der Waals surface area contributed by atoms with Crippen LogP contribution in [-0.2, 0) is 0 Å². The Hall–Kier alpha value is -1.22. The molecule has 1 N–H and O–H groups in total. The molecule has 0 bridgehead atoms. The van der Waals surface area contributed by atoms with Crippen LogP contribution in [0.4, 0.5) is 5.82 Å². The van der Waals surface area contributed by atoms with E-state index in [-0.39, 0.29) is 0 Å². The van der Waals surface area contributed by atoms with Gasteiger partial charge < -0.3 is 5.32 Å². The second kappa shape index (κ2) is 6.04. The summed E-state index contributed by atoms with van der Waals surface area (Å²) in [6.45, 7) is 2.15. The zero-order valence-electron chi connectivity index (χ0n) is 12.2. The lowest BCUT2D eigenvalue weighted by Crippen LogP contribution is -2.34. The van der Waals surface area contributed by atoms with E-state index in [9.17, 15) is 0 Å². The van der Waals surface area contributed by atoms with Crippen molar-refractivity contribution in [2.45, 2.75) is 43.9 Å². The fourth-order valence-electron chi connectivity index (χ4n) is 3.09. The SMILES string of the molecule is CSC1CCCCC1Nc1nc2ccccc2cc1C. The Labute approximate surface area is 125 Å². The third kappa shape index (κ3) is 2.78. The molecule has 2 aromatic rings. The third-order valence-electron chi connectivity index (χ3n) is 4.24. The summed E-state index contributed by atoms with van der Waals surface area (Å²) in [6, 6.07) is 11.1. The van der Waals surface area contributed by atoms with Gasteiger partial charge in [0.1, 0.15) is 5.82 Å². The first-order valence-corrected chi connectivity index (χ1v) is 8.72. The number of pyridine rings is 1. The summed E-state index contributed by atoms with van der Waals surface area (Å²) in [4.78, 5) is 4.82. The van der Waals surface area contributed by atoms with Crippen LogP contribution < -0.4 is 5.32 Å². The lowest BCUT2D eigenvalue weighted by Gasteiger charge is -2.31. The van der Waals surface area contributed by atoms with E-state index in [4.69, 9.17) is 4.98 Å². The highest BCUT2D eigenvalue weighted by Crippen LogP contribution is 2.30. The number of nitrogens with zero attached hydrogens (tertiary/aromatic N) is 1. The number of fused-ring (bicyclic) bond motifs is 1. The quantitative estimate of drug-likeness (QED) is 0.890. The number of aryl methyl sites for hydroxylation is 1. The van der Waals surface area contributed by atoms with Gasteiger partial charge in [0, 0.05) is 16.7 Å². The zero-order chi connectivity index (χ0) is 13.9. The minimum atomic E-state index is 0.561. The van der Waals surface area contributed by atoms with Crippen molar-refractivity contribution in [3.8, 4) is 0 Å². The average Bonchev–Trinajstić information content (AvgIpc) is 2.48. The number of hydrogen-bond acceptors (Lipinski definition) is 3. The average molecular weight is 286 g/mol. The largest absolute Gasteiger partial charge is 0.366 e. The monoisotopic (exact) mass is 286 g/mol. The van der Waals surface area contributed by atoms with Gasteiger partial charge in [0.25, 0.3) is 0 Å². The van der Waals surface area contributed by atoms with Crippen LogP contribution in [0.5, 0.6) is 0 Å². The zero-order valence-corrected chi connectivity index (χ0v) is 13.0. The molecule has 0 radical (unpaired) electrons. The molecule has 0 aliphatic heterocycles. The summed E-state index contributed by atoms with van der Waals surface area (Å²) in [5.74, 6) is 1.06. The number of hydrogen-bond donors (Lipinski definition) is 1. The normalized spacial score (nSPS) is 22.9. The fourth-order valence-corrected chi connectivity index (χ4v) is 4.02. The second-order valence-corrected chi connectivity index (χ2v) is 6.73. The van der Waals surface area contributed by atoms with Crippen molar-refractivity contribution in [1.29, 1.82) is 0 Å². The molecule has 3 heteroatoms. The number of thioether (sulfide) groups is 1. The first-order chi connectivity index (χ1) is 9.78. The fraction of sp³-hybridized carbons (Fsp3) is 0.471. The van der Waals surface area contributed by atoms with Gasteiger partial charge in [0.15, 0.2) is 0 Å². The predicted octanol–water partition coefficient (Wildman–Crippen LogP) is 4.63. The number of para-hydroxylation sites is 1. The van der Waals surface area contributed by atoms with E-state index in [0.29, 0.717) is 6.04 Å². The molecule has 1 aromatic carbocycles. The van der Waals surface area contributed by atoms with Crippen molar-refractivity contribution in [3.05, 3.63) is 35.9 Å². The number of anilines is 1. The maximum Gasteiger partial charge on any atom is 0.129 e. The maximum atomic E-state index is 4.82. The Bertz CT molecular complexity index is 597. The van der Waals surface area contributed by atoms with Gasteiger partial charge in [-0.05, 0) is 43.7 Å². The van der Waals surface area contributed by atoms with Crippen LogP contribution in [0.25, 0.3) is 10.9 Å². The summed E-state index contributed by atoms with van der Waals surface area (Å²) in [5, 5.41) is 5.65. The van der Waals surface area contributed by atoms with E-state index in [1.54, 1.807) is 0 Å². The van der Waals surface area contributed by atoms with Gasteiger partial charge in [-0.1, -0.05) is 31.0 Å². The van der Waals surface area contributed by atoms with Crippen molar-refractivity contribution >= 4 is 28.5 Å². The third-order valence-corrected chi connectivity index (χ3v) is 5.41. The number of benzene rings is 1. The summed E-state index contributed by atoms with van der Waals surface area (Å²) >= 11 is 1.99. The molecular weight excluding hydrogens is 264 g/mol. The van der Waals surface area contributed by atoms with E-state index in [1.807, 2.05) is 11.8 Å². The highest BCUT2D eigenvalue weighted by molar-refractivity contribution is 7.99. The van der Waals surface area contributed by atoms with Gasteiger partial charge in [0.05, 0.1) is 5.52 Å². The standard InChI is InChI=1S/C17H22N2S/c1-12-11-13-7-3-4-8-14(13)18-17(12)19-15-9-5-6-10-16(15)20-2/h3-4,7-8,11,15-16H,5-6,9-10H2,1-2H3,(H,18,19). The molecule has 1 aliphatic rings. The molecule has 0 spiro atoms. The lowest BCUT2D eigenvalue weighted by atomic mass is 9.94. The Morgan fingerprint density at radius 2 is 2.00 bits per heavy atom. The first-order valence-electron chi connectivity index (χ1n) is 7.43. The van der Waals surface area contributed by atoms with Gasteiger partial charge in [0.2, 0.25) is 0 Å². The molecule has 3 rings (SSSR count). The molecule has 20 heavy (non-hydrogen) atoms. The molecule has 1 saturated carbocycles. The second-order valence-electron chi connectivity index (χ2n) is 5.66. The summed E-state index contributed by atoms with van der Waals surface area (Å²) < 4.78 is 0. The van der Waals surface area contributed by atoms with Crippen molar-refractivity contribution in [2.75, 3.05) is 11.6 Å². The van der Waals surface area contributed by atoms with Crippen LogP contribution >= 0.6 is 11.8 Å². The van der Waals surface area contributed by atoms with Crippen molar-refractivity contribution < 1.29 is 0 Å². The van der Waals surface area contributed by atoms with Crippen LogP contribution in [0, 0.1) is 6.92 Å². The van der Waals surface area contributed by atoms with E-state index >= 15 is 0 Å². The molecule has 1 aromatic heterocycles. The molecule has 1 fully saturated rings. The Kier molecular flexibility index (Phi) is 4.16. The van der Waals surface area contributed by atoms with Crippen LogP contribution in [-0.4, -0.2) is 22.5 Å². The molecule has 0 saturated heterocycles. The summed E-state index contributed by atoms with van der Waals surface area (Å²) in [5.41, 5.74) is 2.33. The van der Waals surface area contributed by atoms with Gasteiger partial charge in [-0.25, -0.2) is 4.98 Å².